The third-order valence-corrected chi connectivity index (χ3v) is 5.51. The third-order valence-electron chi connectivity index (χ3n) is 4.76. The fourth-order valence-electron chi connectivity index (χ4n) is 3.12. The maximum Gasteiger partial charge on any atom is 0.251 e. The maximum atomic E-state index is 12.7. The number of carbonyl (C=O) groups is 1. The molecule has 0 saturated heterocycles. The molecule has 0 unspecified atom stereocenters. The monoisotopic (exact) mass is 438 g/mol. The lowest BCUT2D eigenvalue weighted by Crippen LogP contribution is -2.34. The number of benzene rings is 2. The standard InChI is InChI=1S/C24H30N4O2S/c1-24(2,3)27-16-19(14-25)28-11-12-30-22-13-18(7-10-21(22)28)23(29)26-15-17-5-8-20(31-4)9-6-17/h5-10,13-14,16H,11-12,15,25H2,1-4H3,(H,26,29). The van der Waals surface area contributed by atoms with Crippen LogP contribution in [0.1, 0.15) is 36.7 Å². The number of hydrogen-bond acceptors (Lipinski definition) is 6. The quantitative estimate of drug-likeness (QED) is 0.522. The second kappa shape index (κ2) is 9.92. The van der Waals surface area contributed by atoms with Crippen molar-refractivity contribution in [2.45, 2.75) is 37.8 Å². The molecule has 0 aromatic heterocycles. The molecule has 1 amide bonds. The van der Waals surface area contributed by atoms with Crippen molar-refractivity contribution >= 4 is 29.6 Å². The number of nitrogens with two attached hydrogens (primary N) is 1. The van der Waals surface area contributed by atoms with Gasteiger partial charge in [-0.1, -0.05) is 12.1 Å². The first kappa shape index (κ1) is 22.7. The van der Waals surface area contributed by atoms with Gasteiger partial charge in [-0.25, -0.2) is 0 Å². The van der Waals surface area contributed by atoms with Crippen molar-refractivity contribution in [1.82, 2.24) is 5.32 Å². The number of allylic oxidation sites excluding steroid dienone is 1. The molecule has 3 N–H and O–H groups in total. The van der Waals surface area contributed by atoms with Crippen LogP contribution in [-0.4, -0.2) is 37.1 Å². The molecule has 0 atom stereocenters. The van der Waals surface area contributed by atoms with E-state index in [2.05, 4.69) is 27.3 Å². The Bertz CT molecular complexity index is 978. The predicted octanol–water partition coefficient (Wildman–Crippen LogP) is 4.21. The fraction of sp³-hybridized carbons (Fsp3) is 0.333. The van der Waals surface area contributed by atoms with E-state index >= 15 is 0 Å². The molecular weight excluding hydrogens is 408 g/mol. The number of thioether (sulfide) groups is 1. The first-order valence-electron chi connectivity index (χ1n) is 10.2. The van der Waals surface area contributed by atoms with E-state index in [1.165, 1.54) is 4.90 Å². The zero-order chi connectivity index (χ0) is 22.4. The van der Waals surface area contributed by atoms with E-state index in [0.29, 0.717) is 31.0 Å². The largest absolute Gasteiger partial charge is 0.490 e. The van der Waals surface area contributed by atoms with Crippen LogP contribution >= 0.6 is 11.8 Å². The fourth-order valence-corrected chi connectivity index (χ4v) is 3.53. The Balaban J connectivity index is 1.73. The number of rotatable bonds is 6. The summed E-state index contributed by atoms with van der Waals surface area (Å²) in [6.07, 6.45) is 5.38. The first-order valence-corrected chi connectivity index (χ1v) is 11.5. The molecule has 0 spiro atoms. The number of carbonyl (C=O) groups excluding carboxylic acids is 1. The molecule has 2 aromatic carbocycles. The van der Waals surface area contributed by atoms with E-state index in [9.17, 15) is 4.79 Å². The van der Waals surface area contributed by atoms with Crippen LogP contribution in [-0.2, 0) is 6.54 Å². The first-order chi connectivity index (χ1) is 14.8. The van der Waals surface area contributed by atoms with E-state index < -0.39 is 0 Å². The average molecular weight is 439 g/mol. The van der Waals surface area contributed by atoms with Crippen LogP contribution in [0.3, 0.4) is 0 Å². The number of nitrogens with zero attached hydrogens (tertiary/aromatic N) is 2. The van der Waals surface area contributed by atoms with E-state index in [4.69, 9.17) is 10.5 Å². The number of hydrogen-bond donors (Lipinski definition) is 2. The van der Waals surface area contributed by atoms with Crippen LogP contribution in [0, 0.1) is 0 Å². The van der Waals surface area contributed by atoms with E-state index in [-0.39, 0.29) is 11.4 Å². The lowest BCUT2D eigenvalue weighted by molar-refractivity contribution is 0.0950. The van der Waals surface area contributed by atoms with Crippen molar-refractivity contribution in [1.29, 1.82) is 0 Å². The van der Waals surface area contributed by atoms with E-state index in [1.54, 1.807) is 30.2 Å². The molecule has 2 aromatic rings. The van der Waals surface area contributed by atoms with Gasteiger partial charge in [-0.15, -0.1) is 11.8 Å². The molecule has 1 heterocycles. The topological polar surface area (TPSA) is 80.0 Å². The molecule has 0 aliphatic carbocycles. The van der Waals surface area contributed by atoms with E-state index in [1.807, 2.05) is 51.3 Å². The summed E-state index contributed by atoms with van der Waals surface area (Å²) in [7, 11) is 0. The van der Waals surface area contributed by atoms with Crippen molar-refractivity contribution in [2.75, 3.05) is 24.3 Å². The molecule has 0 fully saturated rings. The molecule has 164 valence electrons. The Hall–Kier alpha value is -2.93. The van der Waals surface area contributed by atoms with Gasteiger partial charge in [-0.05, 0) is 62.9 Å². The molecule has 1 aliphatic rings. The summed E-state index contributed by atoms with van der Waals surface area (Å²) in [5.74, 6) is 0.521. The number of amides is 1. The molecule has 3 rings (SSSR count). The highest BCUT2D eigenvalue weighted by Crippen LogP contribution is 2.34. The average Bonchev–Trinajstić information content (AvgIpc) is 2.77. The van der Waals surface area contributed by atoms with Gasteiger partial charge >= 0.3 is 0 Å². The molecule has 6 nitrogen and oxygen atoms in total. The van der Waals surface area contributed by atoms with Crippen LogP contribution in [0.2, 0.25) is 0 Å². The molecule has 0 bridgehead atoms. The maximum absolute atomic E-state index is 12.7. The van der Waals surface area contributed by atoms with E-state index in [0.717, 1.165) is 16.9 Å². The van der Waals surface area contributed by atoms with Crippen LogP contribution in [0.5, 0.6) is 5.75 Å². The summed E-state index contributed by atoms with van der Waals surface area (Å²) < 4.78 is 5.84. The van der Waals surface area contributed by atoms with Crippen molar-refractivity contribution in [3.63, 3.8) is 0 Å². The van der Waals surface area contributed by atoms with Crippen LogP contribution in [0.4, 0.5) is 5.69 Å². The summed E-state index contributed by atoms with van der Waals surface area (Å²) in [6.45, 7) is 7.73. The molecule has 1 aliphatic heterocycles. The van der Waals surface area contributed by atoms with Gasteiger partial charge in [0.05, 0.1) is 23.5 Å². The number of aliphatic imine (C=N–C) groups is 1. The summed E-state index contributed by atoms with van der Waals surface area (Å²) in [6, 6.07) is 13.6. The van der Waals surface area contributed by atoms with Crippen LogP contribution < -0.4 is 20.7 Å². The van der Waals surface area contributed by atoms with Gasteiger partial charge in [-0.3, -0.25) is 9.79 Å². The Morgan fingerprint density at radius 1 is 1.26 bits per heavy atom. The van der Waals surface area contributed by atoms with Gasteiger partial charge in [0, 0.05) is 29.4 Å². The molecule has 7 heteroatoms. The highest BCUT2D eigenvalue weighted by molar-refractivity contribution is 7.98. The summed E-state index contributed by atoms with van der Waals surface area (Å²) in [5.41, 5.74) is 8.97. The van der Waals surface area contributed by atoms with Gasteiger partial charge in [0.15, 0.2) is 0 Å². The minimum Gasteiger partial charge on any atom is -0.490 e. The van der Waals surface area contributed by atoms with Crippen LogP contribution in [0.25, 0.3) is 0 Å². The highest BCUT2D eigenvalue weighted by Gasteiger charge is 2.22. The molecular formula is C24H30N4O2S. The number of ether oxygens (including phenoxy) is 1. The smallest absolute Gasteiger partial charge is 0.251 e. The molecule has 0 radical (unpaired) electrons. The van der Waals surface area contributed by atoms with Gasteiger partial charge in [0.1, 0.15) is 12.4 Å². The Morgan fingerprint density at radius 3 is 2.65 bits per heavy atom. The van der Waals surface area contributed by atoms with Crippen molar-refractivity contribution in [3.8, 4) is 5.75 Å². The Morgan fingerprint density at radius 2 is 2.00 bits per heavy atom. The number of anilines is 1. The lowest BCUT2D eigenvalue weighted by Gasteiger charge is -2.32. The second-order valence-electron chi connectivity index (χ2n) is 8.23. The molecule has 31 heavy (non-hydrogen) atoms. The van der Waals surface area contributed by atoms with Crippen molar-refractivity contribution in [2.24, 2.45) is 10.7 Å². The Kier molecular flexibility index (Phi) is 7.28. The third kappa shape index (κ3) is 6.04. The number of fused-ring (bicyclic) bond motifs is 1. The zero-order valence-electron chi connectivity index (χ0n) is 18.5. The summed E-state index contributed by atoms with van der Waals surface area (Å²) >= 11 is 1.69. The predicted molar refractivity (Wildman–Crippen MR) is 129 cm³/mol. The minimum atomic E-state index is -0.193. The van der Waals surface area contributed by atoms with Crippen molar-refractivity contribution < 1.29 is 9.53 Å². The SMILES string of the molecule is CSc1ccc(CNC(=O)c2ccc3c(c2)OCCN3C(C=NC(C)(C)C)=CN)cc1. The number of nitrogens with one attached hydrogen (secondary N) is 1. The van der Waals surface area contributed by atoms with Gasteiger partial charge < -0.3 is 20.7 Å². The lowest BCUT2D eigenvalue weighted by atomic mass is 10.1. The zero-order valence-corrected chi connectivity index (χ0v) is 19.3. The minimum absolute atomic E-state index is 0.138. The summed E-state index contributed by atoms with van der Waals surface area (Å²) in [4.78, 5) is 20.5. The van der Waals surface area contributed by atoms with Gasteiger partial charge in [-0.2, -0.15) is 0 Å². The van der Waals surface area contributed by atoms with Gasteiger partial charge in [0.2, 0.25) is 0 Å². The molecule has 0 saturated carbocycles. The van der Waals surface area contributed by atoms with Gasteiger partial charge in [0.25, 0.3) is 5.91 Å². The normalized spacial score (nSPS) is 14.3. The van der Waals surface area contributed by atoms with Crippen molar-refractivity contribution in [3.05, 3.63) is 65.5 Å². The van der Waals surface area contributed by atoms with Crippen LogP contribution in [0.15, 0.2) is 64.2 Å². The highest BCUT2D eigenvalue weighted by atomic mass is 32.2. The summed E-state index contributed by atoms with van der Waals surface area (Å²) in [5, 5.41) is 2.97. The second-order valence-corrected chi connectivity index (χ2v) is 9.11. The Labute approximate surface area is 188 Å².